The Morgan fingerprint density at radius 1 is 0.421 bits per heavy atom. The van der Waals surface area contributed by atoms with Gasteiger partial charge in [0, 0.05) is 101 Å². The molecule has 5 amide bonds. The van der Waals surface area contributed by atoms with E-state index in [1.165, 1.54) is 60.2 Å². The SMILES string of the molecule is CC(C)(C)C(=O)NC(C(=O)O)c1ccccc1.CC(C)(C)C(=O)NC1CCC1.CC(C)(C)C(=O)NCc1ccc(F)cc1.CC(C)(C)C(=O)NCc1cccc(F)c1.CC(C)(C)C(=O)O.CC(C)(C)N.CC(C)(C)NCCc1ccccc1.CC(C)(C)NCc1ccccc1.CC(C)(C)NCc1ccsc1.CC(C)CNC(C)(C)C.COCCNC(=O)C(C)(C)C. The number of carboxylic acid groups (broad SMARTS) is 2. The van der Waals surface area contributed by atoms with Crippen LogP contribution in [0, 0.1) is 50.0 Å². The number of thiophene rings is 1. The Kier molecular flexibility index (Phi) is 59.5. The number of carbonyl (C=O) groups excluding carboxylic acids is 5. The largest absolute Gasteiger partial charge is 0.481 e. The Bertz CT molecular complexity index is 3890. The molecule has 1 aromatic heterocycles. The summed E-state index contributed by atoms with van der Waals surface area (Å²) in [6.07, 6.45) is 4.72. The van der Waals surface area contributed by atoms with Crippen LogP contribution in [0.15, 0.2) is 156 Å². The van der Waals surface area contributed by atoms with Gasteiger partial charge in [0.05, 0.1) is 12.0 Å². The fraction of sp³-hybridized carbons (Fsp3) is 0.602. The number of carboxylic acids is 2. The summed E-state index contributed by atoms with van der Waals surface area (Å²) < 4.78 is 30.2. The van der Waals surface area contributed by atoms with E-state index >= 15 is 0 Å². The Hall–Kier alpha value is -8.29. The van der Waals surface area contributed by atoms with E-state index in [9.17, 15) is 42.3 Å². The second-order valence-electron chi connectivity index (χ2n) is 43.1. The lowest BCUT2D eigenvalue weighted by atomic mass is 9.90. The normalized spacial score (nSPS) is 12.4. The third kappa shape index (κ3) is 76.9. The van der Waals surface area contributed by atoms with Gasteiger partial charge in [-0.25, -0.2) is 13.6 Å². The summed E-state index contributed by atoms with van der Waals surface area (Å²) in [7, 11) is 1.61. The highest BCUT2D eigenvalue weighted by Crippen LogP contribution is 2.23. The number of carbonyl (C=O) groups is 7. The number of benzene rings is 5. The minimum atomic E-state index is -1.06. The fourth-order valence-corrected chi connectivity index (χ4v) is 9.04. The number of nitrogens with one attached hydrogen (secondary N) is 9. The van der Waals surface area contributed by atoms with Gasteiger partial charge in [-0.2, -0.15) is 11.3 Å². The lowest BCUT2D eigenvalue weighted by molar-refractivity contribution is -0.146. The van der Waals surface area contributed by atoms with Crippen LogP contribution in [0.25, 0.3) is 0 Å². The van der Waals surface area contributed by atoms with Gasteiger partial charge in [-0.15, -0.1) is 0 Å². The van der Waals surface area contributed by atoms with Crippen molar-refractivity contribution in [1.29, 1.82) is 0 Å². The van der Waals surface area contributed by atoms with Crippen molar-refractivity contribution in [2.75, 3.05) is 33.4 Å². The highest BCUT2D eigenvalue weighted by Gasteiger charge is 2.30. The first-order valence-electron chi connectivity index (χ1n) is 44.0. The average molecular weight is 1780 g/mol. The quantitative estimate of drug-likeness (QED) is 0.0316. The van der Waals surface area contributed by atoms with E-state index in [1.54, 1.807) is 115 Å². The van der Waals surface area contributed by atoms with E-state index in [-0.39, 0.29) is 85.1 Å². The number of rotatable bonds is 20. The van der Waals surface area contributed by atoms with Gasteiger partial charge in [0.2, 0.25) is 29.5 Å². The molecular weight excluding hydrogens is 1610 g/mol. The van der Waals surface area contributed by atoms with E-state index in [1.807, 2.05) is 110 Å². The molecule has 716 valence electrons. The van der Waals surface area contributed by atoms with Crippen molar-refractivity contribution in [1.82, 2.24) is 47.9 Å². The summed E-state index contributed by atoms with van der Waals surface area (Å²) in [6.45, 7) is 75.4. The zero-order valence-corrected chi connectivity index (χ0v) is 85.4. The van der Waals surface area contributed by atoms with Gasteiger partial charge >= 0.3 is 11.9 Å². The van der Waals surface area contributed by atoms with Crippen LogP contribution in [-0.4, -0.2) is 119 Å². The lowest BCUT2D eigenvalue weighted by Gasteiger charge is -2.29. The van der Waals surface area contributed by atoms with Crippen molar-refractivity contribution < 1.29 is 57.3 Å². The van der Waals surface area contributed by atoms with Crippen molar-refractivity contribution in [3.05, 3.63) is 201 Å². The van der Waals surface area contributed by atoms with Gasteiger partial charge in [-0.05, 0) is 244 Å². The average Bonchev–Trinajstić information content (AvgIpc) is 0.873. The molecule has 1 fully saturated rings. The van der Waals surface area contributed by atoms with E-state index in [4.69, 9.17) is 20.7 Å². The predicted molar refractivity (Wildman–Crippen MR) is 525 cm³/mol. The molecule has 0 saturated heterocycles. The highest BCUT2D eigenvalue weighted by atomic mass is 32.1. The molecule has 1 saturated carbocycles. The van der Waals surface area contributed by atoms with Crippen LogP contribution in [0.2, 0.25) is 0 Å². The number of halogens is 2. The maximum atomic E-state index is 12.8. The summed E-state index contributed by atoms with van der Waals surface area (Å²) in [5.74, 6) is -1.69. The summed E-state index contributed by atoms with van der Waals surface area (Å²) >= 11 is 1.75. The van der Waals surface area contributed by atoms with Crippen LogP contribution < -0.4 is 53.6 Å². The highest BCUT2D eigenvalue weighted by molar-refractivity contribution is 7.07. The molecule has 126 heavy (non-hydrogen) atoms. The molecule has 1 unspecified atom stereocenters. The van der Waals surface area contributed by atoms with Crippen molar-refractivity contribution in [2.24, 2.45) is 44.1 Å². The molecular formula is C103H174F2N10O10S. The molecule has 20 nitrogen and oxygen atoms in total. The van der Waals surface area contributed by atoms with Gasteiger partial charge < -0.3 is 68.5 Å². The smallest absolute Gasteiger partial charge is 0.330 e. The molecule has 0 bridgehead atoms. The van der Waals surface area contributed by atoms with E-state index in [0.717, 1.165) is 49.6 Å². The third-order valence-corrected chi connectivity index (χ3v) is 17.2. The lowest BCUT2D eigenvalue weighted by Crippen LogP contribution is -2.44. The Morgan fingerprint density at radius 2 is 0.794 bits per heavy atom. The van der Waals surface area contributed by atoms with Gasteiger partial charge in [-0.1, -0.05) is 233 Å². The third-order valence-electron chi connectivity index (χ3n) is 16.5. The first kappa shape index (κ1) is 124. The van der Waals surface area contributed by atoms with Crippen molar-refractivity contribution in [3.8, 4) is 0 Å². The summed E-state index contributed by atoms with van der Waals surface area (Å²) in [6, 6.07) is 43.6. The number of amides is 5. The zero-order valence-electron chi connectivity index (χ0n) is 84.6. The molecule has 0 spiro atoms. The van der Waals surface area contributed by atoms with Gasteiger partial charge in [-0.3, -0.25) is 28.8 Å². The number of ether oxygens (including phenoxy) is 1. The molecule has 1 aliphatic carbocycles. The molecule has 0 aliphatic heterocycles. The molecule has 0 radical (unpaired) electrons. The molecule has 23 heteroatoms. The monoisotopic (exact) mass is 1780 g/mol. The summed E-state index contributed by atoms with van der Waals surface area (Å²) in [4.78, 5) is 78.5. The number of hydrogen-bond acceptors (Lipinski definition) is 14. The zero-order chi connectivity index (χ0) is 98.5. The molecule has 1 atom stereocenters. The van der Waals surface area contributed by atoms with Crippen LogP contribution in [0.4, 0.5) is 8.78 Å². The van der Waals surface area contributed by atoms with Gasteiger partial charge in [0.1, 0.15) is 11.6 Å². The van der Waals surface area contributed by atoms with Gasteiger partial charge in [0.25, 0.3) is 0 Å². The Morgan fingerprint density at radius 3 is 1.13 bits per heavy atom. The number of nitrogens with two attached hydrogens (primary N) is 1. The van der Waals surface area contributed by atoms with Gasteiger partial charge in [0.15, 0.2) is 6.04 Å². The molecule has 6 aromatic rings. The van der Waals surface area contributed by atoms with Crippen LogP contribution in [-0.2, 0) is 70.9 Å². The molecule has 1 heterocycles. The fourth-order valence-electron chi connectivity index (χ4n) is 8.37. The molecule has 5 aromatic carbocycles. The number of methoxy groups -OCH3 is 1. The van der Waals surface area contributed by atoms with E-state index < -0.39 is 34.2 Å². The van der Waals surface area contributed by atoms with Crippen LogP contribution >= 0.6 is 11.3 Å². The molecule has 1 aliphatic rings. The Labute approximate surface area is 766 Å². The minimum Gasteiger partial charge on any atom is -0.481 e. The summed E-state index contributed by atoms with van der Waals surface area (Å²) in [5.41, 5.74) is 10.1. The van der Waals surface area contributed by atoms with Crippen LogP contribution in [0.5, 0.6) is 0 Å². The van der Waals surface area contributed by atoms with E-state index in [2.05, 4.69) is 216 Å². The topological polar surface area (TPSA) is 303 Å². The number of aliphatic carboxylic acids is 2. The predicted octanol–water partition coefficient (Wildman–Crippen LogP) is 21.2. The first-order valence-corrected chi connectivity index (χ1v) is 45.0. The second-order valence-corrected chi connectivity index (χ2v) is 43.8. The maximum absolute atomic E-state index is 12.8. The minimum absolute atomic E-state index is 0. The van der Waals surface area contributed by atoms with Crippen molar-refractivity contribution in [3.63, 3.8) is 0 Å². The molecule has 7 rings (SSSR count). The standard InChI is InChI=1S/C13H17NO3.2C12H16FNO.C12H19N.C11H17N.C9H17NO.C9H15NS.C8H17NO2.C8H19N.C5H10O2.C4H11N/c1-13(2,3)12(17)14-10(11(15)16)9-7-5-4-6-8-9;1-12(2,3)11(15)14-8-9-4-6-10(13)7-5-9;1-12(2,3)11(15)14-8-9-5-4-6-10(13)7-9;1-12(2,3)13-10-9-11-7-5-4-6-8-11;1-11(2,3)12-9-10-7-5-4-6-8-10;1-9(2,3)8(11)10-7-5-4-6-7;1-9(2,3)10-6-8-4-5-11-7-8;1-8(2,3)7(10)9-5-6-11-4;1-7(2)6-9-8(3,4)5;1-5(2,3)4(6)7;1-4(2,3)5/h4-8,10H,1-3H3,(H,14,17)(H,15,16);2*4-7H,8H2,1-3H3,(H,14,15);4-8,13H,9-10H2,1-3H3;4-8,12H,9H2,1-3H3;7H,4-6H2,1-3H3,(H,10,11);4-5,7,10H,6H2,1-3H3;5-6H2,1-4H3,(H,9,10);7,9H,6H2,1-5H3;1-3H3,(H,6,7);5H2,1-3H3. The number of hydrogen-bond donors (Lipinski definition) is 12. The van der Waals surface area contributed by atoms with Crippen LogP contribution in [0.3, 0.4) is 0 Å². The van der Waals surface area contributed by atoms with Crippen molar-refractivity contribution >= 4 is 52.8 Å². The molecule has 13 N–H and O–H groups in total. The van der Waals surface area contributed by atoms with Crippen LogP contribution in [0.1, 0.15) is 301 Å². The maximum Gasteiger partial charge on any atom is 0.330 e. The second kappa shape index (κ2) is 60.5. The first-order chi connectivity index (χ1) is 57.2. The Balaban J connectivity index is -0.000000657. The summed E-state index contributed by atoms with van der Waals surface area (Å²) in [5, 5.41) is 49.3. The van der Waals surface area contributed by atoms with E-state index in [0.29, 0.717) is 37.8 Å². The van der Waals surface area contributed by atoms with Crippen molar-refractivity contribution in [2.45, 2.75) is 334 Å².